The SMILES string of the molecule is c1ccc([Si](c2ccccc2)(c2ccccc2)c2ccc3c(c2)c2cc([Si](c4ccccc4)(c4ccccc4)c4ccccc4)ccc2n3-c2cccnc2)cc1. The molecular weight excluding hydrogens is 721 g/mol. The van der Waals surface area contributed by atoms with E-state index >= 15 is 0 Å². The molecule has 0 spiro atoms. The summed E-state index contributed by atoms with van der Waals surface area (Å²) in [5.41, 5.74) is 3.39. The minimum atomic E-state index is -2.80. The minimum Gasteiger partial charge on any atom is -0.308 e. The maximum Gasteiger partial charge on any atom is 0.179 e. The van der Waals surface area contributed by atoms with E-state index in [9.17, 15) is 0 Å². The van der Waals surface area contributed by atoms with Crippen molar-refractivity contribution in [3.63, 3.8) is 0 Å². The van der Waals surface area contributed by atoms with Gasteiger partial charge in [-0.25, -0.2) is 0 Å². The molecule has 57 heavy (non-hydrogen) atoms. The van der Waals surface area contributed by atoms with Crippen LogP contribution >= 0.6 is 0 Å². The number of benzene rings is 8. The van der Waals surface area contributed by atoms with Crippen molar-refractivity contribution in [3.05, 3.63) is 243 Å². The van der Waals surface area contributed by atoms with Gasteiger partial charge < -0.3 is 4.57 Å². The summed E-state index contributed by atoms with van der Waals surface area (Å²) in [6.45, 7) is 0. The Bertz CT molecular complexity index is 2540. The molecule has 0 aliphatic heterocycles. The molecule has 4 heteroatoms. The predicted octanol–water partition coefficient (Wildman–Crippen LogP) is 6.93. The van der Waals surface area contributed by atoms with Gasteiger partial charge in [-0.3, -0.25) is 4.98 Å². The largest absolute Gasteiger partial charge is 0.308 e. The maximum absolute atomic E-state index is 4.60. The number of fused-ring (bicyclic) bond motifs is 3. The van der Waals surface area contributed by atoms with Gasteiger partial charge in [-0.1, -0.05) is 206 Å². The number of hydrogen-bond donors (Lipinski definition) is 0. The van der Waals surface area contributed by atoms with E-state index in [0.717, 1.165) is 5.69 Å². The Morgan fingerprint density at radius 3 is 0.895 bits per heavy atom. The van der Waals surface area contributed by atoms with Crippen LogP contribution < -0.4 is 41.5 Å². The number of rotatable bonds is 9. The molecular formula is C53H40N2Si2. The number of nitrogens with zero attached hydrogens (tertiary/aromatic N) is 2. The highest BCUT2D eigenvalue weighted by molar-refractivity contribution is 7.20. The van der Waals surface area contributed by atoms with Crippen molar-refractivity contribution in [2.75, 3.05) is 0 Å². The third-order valence-corrected chi connectivity index (χ3v) is 21.3. The Morgan fingerprint density at radius 1 is 0.298 bits per heavy atom. The van der Waals surface area contributed by atoms with Gasteiger partial charge >= 0.3 is 0 Å². The fourth-order valence-corrected chi connectivity index (χ4v) is 18.9. The molecule has 0 atom stereocenters. The Morgan fingerprint density at radius 2 is 0.614 bits per heavy atom. The van der Waals surface area contributed by atoms with Crippen molar-refractivity contribution in [1.82, 2.24) is 9.55 Å². The molecule has 0 fully saturated rings. The summed E-state index contributed by atoms with van der Waals surface area (Å²) in [6.07, 6.45) is 3.83. The number of hydrogen-bond acceptors (Lipinski definition) is 1. The first-order valence-corrected chi connectivity index (χ1v) is 23.6. The van der Waals surface area contributed by atoms with Crippen LogP contribution in [0.3, 0.4) is 0 Å². The average Bonchev–Trinajstić information content (AvgIpc) is 3.63. The van der Waals surface area contributed by atoms with Gasteiger partial charge in [0.15, 0.2) is 16.1 Å². The van der Waals surface area contributed by atoms with Crippen molar-refractivity contribution in [3.8, 4) is 5.69 Å². The molecule has 2 aromatic heterocycles. The highest BCUT2D eigenvalue weighted by Gasteiger charge is 2.43. The fourth-order valence-electron chi connectivity index (χ4n) is 9.38. The molecule has 0 N–H and O–H groups in total. The second kappa shape index (κ2) is 14.7. The van der Waals surface area contributed by atoms with Crippen LogP contribution in [0, 0.1) is 0 Å². The topological polar surface area (TPSA) is 17.8 Å². The van der Waals surface area contributed by atoms with E-state index in [4.69, 9.17) is 0 Å². The Hall–Kier alpha value is -6.86. The average molecular weight is 761 g/mol. The van der Waals surface area contributed by atoms with Crippen LogP contribution in [0.2, 0.25) is 0 Å². The summed E-state index contributed by atoms with van der Waals surface area (Å²) in [7, 11) is -5.59. The normalized spacial score (nSPS) is 11.9. The first-order chi connectivity index (χ1) is 28.3. The van der Waals surface area contributed by atoms with Gasteiger partial charge in [0.2, 0.25) is 0 Å². The molecule has 8 aromatic carbocycles. The summed E-state index contributed by atoms with van der Waals surface area (Å²) < 4.78 is 2.40. The summed E-state index contributed by atoms with van der Waals surface area (Å²) in [6, 6.07) is 86.1. The van der Waals surface area contributed by atoms with Gasteiger partial charge in [0.1, 0.15) is 0 Å². The van der Waals surface area contributed by atoms with E-state index in [-0.39, 0.29) is 0 Å². The van der Waals surface area contributed by atoms with E-state index in [0.29, 0.717) is 0 Å². The van der Waals surface area contributed by atoms with E-state index in [1.54, 1.807) is 0 Å². The standard InChI is InChI=1S/C53H40N2Si2/c1-7-21-42(22-8-1)56(43-23-9-2-10-24-43,44-25-11-3-12-26-44)48-33-35-52-50(38-48)51-39-49(34-36-53(51)55(52)41-20-19-37-54-40-41)57(45-27-13-4-14-28-45,46-29-15-5-16-30-46)47-31-17-6-18-32-47/h1-40H. The van der Waals surface area contributed by atoms with Gasteiger partial charge in [-0.2, -0.15) is 0 Å². The number of pyridine rings is 1. The van der Waals surface area contributed by atoms with Crippen molar-refractivity contribution >= 4 is 79.4 Å². The van der Waals surface area contributed by atoms with E-state index < -0.39 is 16.1 Å². The van der Waals surface area contributed by atoms with Crippen molar-refractivity contribution in [2.45, 2.75) is 0 Å². The zero-order valence-corrected chi connectivity index (χ0v) is 33.5. The Balaban J connectivity index is 1.34. The molecule has 0 bridgehead atoms. The van der Waals surface area contributed by atoms with Crippen molar-refractivity contribution in [1.29, 1.82) is 0 Å². The second-order valence-electron chi connectivity index (χ2n) is 14.7. The lowest BCUT2D eigenvalue weighted by Crippen LogP contribution is -2.74. The van der Waals surface area contributed by atoms with Gasteiger partial charge in [-0.15, -0.1) is 0 Å². The smallest absolute Gasteiger partial charge is 0.179 e. The van der Waals surface area contributed by atoms with Gasteiger partial charge in [0.05, 0.1) is 22.9 Å². The molecule has 0 aliphatic carbocycles. The lowest BCUT2D eigenvalue weighted by Gasteiger charge is -2.34. The third-order valence-electron chi connectivity index (χ3n) is 11.8. The molecule has 2 heterocycles. The monoisotopic (exact) mass is 760 g/mol. The molecule has 0 radical (unpaired) electrons. The van der Waals surface area contributed by atoms with Crippen LogP contribution in [0.15, 0.2) is 243 Å². The summed E-state index contributed by atoms with van der Waals surface area (Å²) in [5.74, 6) is 0. The Kier molecular flexibility index (Phi) is 8.90. The van der Waals surface area contributed by atoms with Crippen LogP contribution in [0.25, 0.3) is 27.5 Å². The van der Waals surface area contributed by atoms with Gasteiger partial charge in [0.25, 0.3) is 0 Å². The molecule has 0 unspecified atom stereocenters. The third kappa shape index (κ3) is 5.64. The second-order valence-corrected chi connectivity index (χ2v) is 22.3. The summed E-state index contributed by atoms with van der Waals surface area (Å²) in [5, 5.41) is 13.4. The molecule has 0 aliphatic rings. The maximum atomic E-state index is 4.60. The van der Waals surface area contributed by atoms with Crippen LogP contribution in [0.5, 0.6) is 0 Å². The molecule has 2 nitrogen and oxygen atoms in total. The molecule has 270 valence electrons. The fraction of sp³-hybridized carbons (Fsp3) is 0. The molecule has 10 rings (SSSR count). The predicted molar refractivity (Wildman–Crippen MR) is 246 cm³/mol. The molecule has 0 amide bonds. The molecule has 0 saturated heterocycles. The van der Waals surface area contributed by atoms with Crippen LogP contribution in [-0.4, -0.2) is 25.7 Å². The summed E-state index contributed by atoms with van der Waals surface area (Å²) in [4.78, 5) is 4.60. The van der Waals surface area contributed by atoms with E-state index in [1.807, 2.05) is 18.5 Å². The molecule has 10 aromatic rings. The lowest BCUT2D eigenvalue weighted by atomic mass is 10.1. The first-order valence-electron chi connectivity index (χ1n) is 19.6. The Labute approximate surface area is 336 Å². The first kappa shape index (κ1) is 34.6. The zero-order chi connectivity index (χ0) is 38.1. The highest BCUT2D eigenvalue weighted by atomic mass is 28.3. The van der Waals surface area contributed by atoms with Crippen molar-refractivity contribution < 1.29 is 0 Å². The number of aromatic nitrogens is 2. The van der Waals surface area contributed by atoms with Crippen LogP contribution in [0.4, 0.5) is 0 Å². The molecule has 0 saturated carbocycles. The van der Waals surface area contributed by atoms with Crippen LogP contribution in [-0.2, 0) is 0 Å². The van der Waals surface area contributed by atoms with E-state index in [2.05, 4.69) is 234 Å². The van der Waals surface area contributed by atoms with Gasteiger partial charge in [0, 0.05) is 17.0 Å². The van der Waals surface area contributed by atoms with Crippen LogP contribution in [0.1, 0.15) is 0 Å². The van der Waals surface area contributed by atoms with Gasteiger partial charge in [-0.05, 0) is 65.8 Å². The minimum absolute atomic E-state index is 1.05. The van der Waals surface area contributed by atoms with E-state index in [1.165, 1.54) is 63.3 Å². The lowest BCUT2D eigenvalue weighted by molar-refractivity contribution is 1.14. The zero-order valence-electron chi connectivity index (χ0n) is 31.5. The summed E-state index contributed by atoms with van der Waals surface area (Å²) >= 11 is 0. The quantitative estimate of drug-likeness (QED) is 0.115. The van der Waals surface area contributed by atoms with Crippen molar-refractivity contribution in [2.24, 2.45) is 0 Å². The highest BCUT2D eigenvalue weighted by Crippen LogP contribution is 2.32.